The van der Waals surface area contributed by atoms with E-state index in [9.17, 15) is 8.78 Å². The van der Waals surface area contributed by atoms with Crippen LogP contribution in [0.4, 0.5) is 8.78 Å². The van der Waals surface area contributed by atoms with E-state index in [0.29, 0.717) is 12.6 Å². The van der Waals surface area contributed by atoms with Gasteiger partial charge >= 0.3 is 0 Å². The Morgan fingerprint density at radius 1 is 1.24 bits per heavy atom. The van der Waals surface area contributed by atoms with Gasteiger partial charge in [-0.25, -0.2) is 8.78 Å². The molecule has 1 N–H and O–H groups in total. The van der Waals surface area contributed by atoms with Gasteiger partial charge in [0.05, 0.1) is 6.61 Å². The summed E-state index contributed by atoms with van der Waals surface area (Å²) in [5.41, 5.74) is 0. The Labute approximate surface area is 101 Å². The van der Waals surface area contributed by atoms with Crippen LogP contribution in [0.3, 0.4) is 0 Å². The molecule has 96 valence electrons. The average Bonchev–Trinajstić information content (AvgIpc) is 2.23. The number of rotatable bonds is 7. The molecule has 1 aromatic rings. The maximum Gasteiger partial charge on any atom is 0.129 e. The summed E-state index contributed by atoms with van der Waals surface area (Å²) in [6.45, 7) is 5.57. The third kappa shape index (κ3) is 5.63. The lowest BCUT2D eigenvalue weighted by Gasteiger charge is -2.12. The molecule has 1 aromatic carbocycles. The molecular weight excluding hydrogens is 224 g/mol. The highest BCUT2D eigenvalue weighted by Gasteiger charge is 2.02. The molecular formula is C13H19F2NO. The highest BCUT2D eigenvalue weighted by atomic mass is 19.1. The second-order valence-electron chi connectivity index (χ2n) is 4.05. The maximum absolute atomic E-state index is 12.8. The van der Waals surface area contributed by atoms with Crippen LogP contribution >= 0.6 is 0 Å². The van der Waals surface area contributed by atoms with Gasteiger partial charge < -0.3 is 10.1 Å². The predicted molar refractivity (Wildman–Crippen MR) is 64.2 cm³/mol. The van der Waals surface area contributed by atoms with Crippen LogP contribution in [0.2, 0.25) is 0 Å². The Hall–Kier alpha value is -1.16. The molecule has 0 saturated heterocycles. The second-order valence-corrected chi connectivity index (χ2v) is 4.05. The lowest BCUT2D eigenvalue weighted by atomic mass is 10.2. The summed E-state index contributed by atoms with van der Waals surface area (Å²) in [7, 11) is 0. The Balaban J connectivity index is 2.26. The monoisotopic (exact) mass is 243 g/mol. The van der Waals surface area contributed by atoms with Crippen molar-refractivity contribution in [3.63, 3.8) is 0 Å². The lowest BCUT2D eigenvalue weighted by molar-refractivity contribution is 0.295. The summed E-state index contributed by atoms with van der Waals surface area (Å²) >= 11 is 0. The Morgan fingerprint density at radius 2 is 1.88 bits per heavy atom. The molecule has 0 spiro atoms. The van der Waals surface area contributed by atoms with Gasteiger partial charge in [0.25, 0.3) is 0 Å². The van der Waals surface area contributed by atoms with E-state index in [1.807, 2.05) is 0 Å². The largest absolute Gasteiger partial charge is 0.493 e. The highest BCUT2D eigenvalue weighted by molar-refractivity contribution is 5.23. The summed E-state index contributed by atoms with van der Waals surface area (Å²) in [4.78, 5) is 0. The van der Waals surface area contributed by atoms with Gasteiger partial charge in [-0.2, -0.15) is 0 Å². The first kappa shape index (κ1) is 13.9. The molecule has 1 atom stereocenters. The van der Waals surface area contributed by atoms with Gasteiger partial charge in [-0.15, -0.1) is 0 Å². The van der Waals surface area contributed by atoms with E-state index in [2.05, 4.69) is 19.2 Å². The van der Waals surface area contributed by atoms with Crippen LogP contribution in [-0.2, 0) is 0 Å². The Morgan fingerprint density at radius 3 is 2.47 bits per heavy atom. The average molecular weight is 243 g/mol. The molecule has 1 rings (SSSR count). The SMILES string of the molecule is CCNC(C)CCCOc1cc(F)cc(F)c1. The van der Waals surface area contributed by atoms with E-state index in [1.165, 1.54) is 12.1 Å². The van der Waals surface area contributed by atoms with Crippen molar-refractivity contribution in [3.05, 3.63) is 29.8 Å². The number of nitrogens with one attached hydrogen (secondary N) is 1. The van der Waals surface area contributed by atoms with Gasteiger partial charge in [0.2, 0.25) is 0 Å². The lowest BCUT2D eigenvalue weighted by Crippen LogP contribution is -2.25. The van der Waals surface area contributed by atoms with E-state index in [0.717, 1.165) is 25.5 Å². The smallest absolute Gasteiger partial charge is 0.129 e. The standard InChI is InChI=1S/C13H19F2NO/c1-3-16-10(2)5-4-6-17-13-8-11(14)7-12(15)9-13/h7-10,16H,3-6H2,1-2H3. The minimum atomic E-state index is -0.610. The minimum Gasteiger partial charge on any atom is -0.493 e. The molecule has 0 heterocycles. The van der Waals surface area contributed by atoms with Crippen molar-refractivity contribution in [1.82, 2.24) is 5.32 Å². The number of hydrogen-bond donors (Lipinski definition) is 1. The molecule has 4 heteroatoms. The van der Waals surface area contributed by atoms with Crippen molar-refractivity contribution < 1.29 is 13.5 Å². The molecule has 1 unspecified atom stereocenters. The van der Waals surface area contributed by atoms with Crippen LogP contribution in [-0.4, -0.2) is 19.2 Å². The van der Waals surface area contributed by atoms with E-state index in [4.69, 9.17) is 4.74 Å². The molecule has 0 aliphatic carbocycles. The summed E-state index contributed by atoms with van der Waals surface area (Å²) in [5.74, 6) is -0.972. The molecule has 0 aromatic heterocycles. The van der Waals surface area contributed by atoms with Crippen LogP contribution in [0.1, 0.15) is 26.7 Å². The van der Waals surface area contributed by atoms with Gasteiger partial charge in [-0.05, 0) is 26.3 Å². The molecule has 0 bridgehead atoms. The van der Waals surface area contributed by atoms with Crippen molar-refractivity contribution in [2.75, 3.05) is 13.2 Å². The fourth-order valence-corrected chi connectivity index (χ4v) is 1.64. The fraction of sp³-hybridized carbons (Fsp3) is 0.538. The van der Waals surface area contributed by atoms with Crippen molar-refractivity contribution >= 4 is 0 Å². The minimum absolute atomic E-state index is 0.249. The second kappa shape index (κ2) is 7.22. The number of hydrogen-bond acceptors (Lipinski definition) is 2. The quantitative estimate of drug-likeness (QED) is 0.743. The summed E-state index contributed by atoms with van der Waals surface area (Å²) in [5, 5.41) is 3.29. The molecule has 0 saturated carbocycles. The van der Waals surface area contributed by atoms with Gasteiger partial charge in [0.1, 0.15) is 17.4 Å². The van der Waals surface area contributed by atoms with E-state index >= 15 is 0 Å². The van der Waals surface area contributed by atoms with Crippen LogP contribution in [0.15, 0.2) is 18.2 Å². The van der Waals surface area contributed by atoms with Gasteiger partial charge in [-0.3, -0.25) is 0 Å². The normalized spacial score (nSPS) is 12.5. The Bertz CT molecular complexity index is 324. The van der Waals surface area contributed by atoms with Gasteiger partial charge in [0, 0.05) is 24.2 Å². The first-order valence-corrected chi connectivity index (χ1v) is 5.94. The summed E-state index contributed by atoms with van der Waals surface area (Å²) in [6, 6.07) is 3.65. The van der Waals surface area contributed by atoms with Crippen molar-refractivity contribution in [1.29, 1.82) is 0 Å². The molecule has 0 fully saturated rings. The zero-order valence-corrected chi connectivity index (χ0v) is 10.3. The molecule has 17 heavy (non-hydrogen) atoms. The zero-order chi connectivity index (χ0) is 12.7. The van der Waals surface area contributed by atoms with Crippen molar-refractivity contribution in [2.45, 2.75) is 32.7 Å². The van der Waals surface area contributed by atoms with Crippen LogP contribution in [0.5, 0.6) is 5.75 Å². The third-order valence-electron chi connectivity index (χ3n) is 2.44. The van der Waals surface area contributed by atoms with Crippen molar-refractivity contribution in [2.24, 2.45) is 0 Å². The van der Waals surface area contributed by atoms with E-state index in [1.54, 1.807) is 0 Å². The summed E-state index contributed by atoms with van der Waals surface area (Å²) in [6.07, 6.45) is 1.83. The molecule has 2 nitrogen and oxygen atoms in total. The van der Waals surface area contributed by atoms with Crippen LogP contribution in [0, 0.1) is 11.6 Å². The molecule has 0 aliphatic heterocycles. The Kier molecular flexibility index (Phi) is 5.91. The topological polar surface area (TPSA) is 21.3 Å². The fourth-order valence-electron chi connectivity index (χ4n) is 1.64. The predicted octanol–water partition coefficient (Wildman–Crippen LogP) is 3.12. The van der Waals surface area contributed by atoms with Gasteiger partial charge in [0.15, 0.2) is 0 Å². The zero-order valence-electron chi connectivity index (χ0n) is 10.3. The molecule has 0 aliphatic rings. The van der Waals surface area contributed by atoms with Gasteiger partial charge in [-0.1, -0.05) is 6.92 Å². The summed E-state index contributed by atoms with van der Waals surface area (Å²) < 4.78 is 31.0. The highest BCUT2D eigenvalue weighted by Crippen LogP contribution is 2.15. The third-order valence-corrected chi connectivity index (χ3v) is 2.44. The van der Waals surface area contributed by atoms with Crippen molar-refractivity contribution in [3.8, 4) is 5.75 Å². The number of benzene rings is 1. The van der Waals surface area contributed by atoms with Crippen LogP contribution < -0.4 is 10.1 Å². The van der Waals surface area contributed by atoms with Crippen LogP contribution in [0.25, 0.3) is 0 Å². The molecule has 0 radical (unpaired) electrons. The maximum atomic E-state index is 12.8. The number of ether oxygens (including phenoxy) is 1. The molecule has 0 amide bonds. The first-order chi connectivity index (χ1) is 8.11. The van der Waals surface area contributed by atoms with E-state index in [-0.39, 0.29) is 5.75 Å². The van der Waals surface area contributed by atoms with E-state index < -0.39 is 11.6 Å². The number of halogens is 2. The first-order valence-electron chi connectivity index (χ1n) is 5.94.